The van der Waals surface area contributed by atoms with Gasteiger partial charge in [0.25, 0.3) is 0 Å². The maximum absolute atomic E-state index is 13.2. The molecule has 5 nitrogen and oxygen atoms in total. The number of carbonyl (C=O) groups excluding carboxylic acids is 1. The van der Waals surface area contributed by atoms with Gasteiger partial charge >= 0.3 is 12.0 Å². The first-order valence-electron chi connectivity index (χ1n) is 5.27. The molecular weight excluding hydrogens is 275 g/mol. The number of hydrogen-bond acceptors (Lipinski definition) is 2. The lowest BCUT2D eigenvalue weighted by Crippen LogP contribution is -2.38. The lowest BCUT2D eigenvalue weighted by atomic mass is 10.3. The third-order valence-electron chi connectivity index (χ3n) is 2.13. The van der Waals surface area contributed by atoms with Gasteiger partial charge in [0.05, 0.1) is 5.02 Å². The van der Waals surface area contributed by atoms with Crippen molar-refractivity contribution in [3.05, 3.63) is 41.7 Å². The van der Waals surface area contributed by atoms with Crippen molar-refractivity contribution in [2.75, 3.05) is 18.4 Å². The predicted molar refractivity (Wildman–Crippen MR) is 69.8 cm³/mol. The van der Waals surface area contributed by atoms with Crippen LogP contribution in [0.1, 0.15) is 0 Å². The van der Waals surface area contributed by atoms with Crippen molar-refractivity contribution in [2.24, 2.45) is 0 Å². The van der Waals surface area contributed by atoms with Gasteiger partial charge in [-0.3, -0.25) is 4.79 Å². The summed E-state index contributed by atoms with van der Waals surface area (Å²) in [5.41, 5.74) is 0.186. The Kier molecular flexibility index (Phi) is 5.32. The zero-order valence-electron chi connectivity index (χ0n) is 9.90. The van der Waals surface area contributed by atoms with Crippen LogP contribution in [0.25, 0.3) is 0 Å². The van der Waals surface area contributed by atoms with E-state index in [0.29, 0.717) is 0 Å². The number of carboxylic acid groups (broad SMARTS) is 1. The Morgan fingerprint density at radius 2 is 2.21 bits per heavy atom. The van der Waals surface area contributed by atoms with Gasteiger partial charge in [-0.1, -0.05) is 17.7 Å². The van der Waals surface area contributed by atoms with Crippen molar-refractivity contribution >= 4 is 29.3 Å². The molecule has 0 saturated heterocycles. The first-order chi connectivity index (χ1) is 8.93. The minimum atomic E-state index is -1.15. The summed E-state index contributed by atoms with van der Waals surface area (Å²) in [6.07, 6.45) is 1.39. The molecule has 0 bridgehead atoms. The van der Waals surface area contributed by atoms with Gasteiger partial charge in [0.15, 0.2) is 0 Å². The number of halogens is 2. The zero-order chi connectivity index (χ0) is 14.4. The Hall–Kier alpha value is -2.08. The molecule has 0 aromatic heterocycles. The van der Waals surface area contributed by atoms with Gasteiger partial charge in [0, 0.05) is 12.2 Å². The molecule has 2 N–H and O–H groups in total. The van der Waals surface area contributed by atoms with E-state index in [-0.39, 0.29) is 17.3 Å². The van der Waals surface area contributed by atoms with Crippen molar-refractivity contribution < 1.29 is 19.1 Å². The van der Waals surface area contributed by atoms with Gasteiger partial charge in [-0.25, -0.2) is 9.18 Å². The standard InChI is InChI=1S/C12H12ClFN2O3/c1-2-5-16(7-11(17)18)12(19)15-8-3-4-9(13)10(14)6-8/h2-4,6H,1,5,7H2,(H,15,19)(H,17,18). The van der Waals surface area contributed by atoms with Gasteiger partial charge < -0.3 is 15.3 Å². The van der Waals surface area contributed by atoms with Crippen LogP contribution in [0, 0.1) is 5.82 Å². The van der Waals surface area contributed by atoms with E-state index in [4.69, 9.17) is 16.7 Å². The number of rotatable bonds is 5. The van der Waals surface area contributed by atoms with Gasteiger partial charge in [-0.15, -0.1) is 6.58 Å². The van der Waals surface area contributed by atoms with Crippen LogP contribution < -0.4 is 5.32 Å². The molecule has 0 atom stereocenters. The summed E-state index contributed by atoms with van der Waals surface area (Å²) in [7, 11) is 0. The van der Waals surface area contributed by atoms with E-state index >= 15 is 0 Å². The van der Waals surface area contributed by atoms with Crippen molar-refractivity contribution in [1.82, 2.24) is 4.90 Å². The van der Waals surface area contributed by atoms with Crippen LogP contribution in [-0.2, 0) is 4.79 Å². The molecule has 0 fully saturated rings. The number of amides is 2. The first-order valence-corrected chi connectivity index (χ1v) is 5.65. The summed E-state index contributed by atoms with van der Waals surface area (Å²) in [6, 6.07) is 3.09. The fourth-order valence-electron chi connectivity index (χ4n) is 1.31. The fraction of sp³-hybridized carbons (Fsp3) is 0.167. The van der Waals surface area contributed by atoms with Crippen LogP contribution in [-0.4, -0.2) is 35.1 Å². The summed E-state index contributed by atoms with van der Waals surface area (Å²) in [6.45, 7) is 3.02. The second-order valence-corrected chi connectivity index (χ2v) is 4.03. The second-order valence-electron chi connectivity index (χ2n) is 3.62. The van der Waals surface area contributed by atoms with Crippen LogP contribution in [0.5, 0.6) is 0 Å². The molecule has 0 unspecified atom stereocenters. The van der Waals surface area contributed by atoms with E-state index < -0.39 is 24.4 Å². The second kappa shape index (κ2) is 6.75. The van der Waals surface area contributed by atoms with E-state index in [1.54, 1.807) is 0 Å². The highest BCUT2D eigenvalue weighted by molar-refractivity contribution is 6.30. The van der Waals surface area contributed by atoms with Gasteiger partial charge in [0.1, 0.15) is 12.4 Å². The molecule has 0 aliphatic carbocycles. The minimum absolute atomic E-state index is 0.0634. The van der Waals surface area contributed by atoms with Gasteiger partial charge in [-0.2, -0.15) is 0 Å². The van der Waals surface area contributed by atoms with E-state index in [1.807, 2.05) is 0 Å². The molecular formula is C12H12ClFN2O3. The highest BCUT2D eigenvalue weighted by atomic mass is 35.5. The summed E-state index contributed by atoms with van der Waals surface area (Å²) in [5.74, 6) is -1.83. The molecule has 0 saturated carbocycles. The van der Waals surface area contributed by atoms with Crippen LogP contribution in [0.2, 0.25) is 5.02 Å². The highest BCUT2D eigenvalue weighted by Crippen LogP contribution is 2.18. The van der Waals surface area contributed by atoms with Gasteiger partial charge in [0.2, 0.25) is 0 Å². The summed E-state index contributed by atoms with van der Waals surface area (Å²) >= 11 is 5.51. The van der Waals surface area contributed by atoms with E-state index in [1.165, 1.54) is 18.2 Å². The number of carbonyl (C=O) groups is 2. The molecule has 0 aliphatic rings. The molecule has 0 radical (unpaired) electrons. The summed E-state index contributed by atoms with van der Waals surface area (Å²) < 4.78 is 13.2. The Bertz CT molecular complexity index is 508. The van der Waals surface area contributed by atoms with Crippen LogP contribution in [0.4, 0.5) is 14.9 Å². The van der Waals surface area contributed by atoms with Crippen molar-refractivity contribution in [3.63, 3.8) is 0 Å². The fourth-order valence-corrected chi connectivity index (χ4v) is 1.43. The lowest BCUT2D eigenvalue weighted by molar-refractivity contribution is -0.137. The van der Waals surface area contributed by atoms with Crippen molar-refractivity contribution in [3.8, 4) is 0 Å². The molecule has 0 spiro atoms. The van der Waals surface area contributed by atoms with Crippen LogP contribution in [0.15, 0.2) is 30.9 Å². The van der Waals surface area contributed by atoms with E-state index in [2.05, 4.69) is 11.9 Å². The average molecular weight is 287 g/mol. The van der Waals surface area contributed by atoms with E-state index in [0.717, 1.165) is 11.0 Å². The third kappa shape index (κ3) is 4.59. The Morgan fingerprint density at radius 3 is 2.74 bits per heavy atom. The molecule has 1 aromatic carbocycles. The number of nitrogens with zero attached hydrogens (tertiary/aromatic N) is 1. The minimum Gasteiger partial charge on any atom is -0.480 e. The highest BCUT2D eigenvalue weighted by Gasteiger charge is 2.15. The Balaban J connectivity index is 2.77. The Morgan fingerprint density at radius 1 is 1.53 bits per heavy atom. The number of aliphatic carboxylic acids is 1. The molecule has 1 rings (SSSR count). The largest absolute Gasteiger partial charge is 0.480 e. The number of benzene rings is 1. The third-order valence-corrected chi connectivity index (χ3v) is 2.44. The number of hydrogen-bond donors (Lipinski definition) is 2. The van der Waals surface area contributed by atoms with E-state index in [9.17, 15) is 14.0 Å². The number of carboxylic acids is 1. The molecule has 102 valence electrons. The van der Waals surface area contributed by atoms with Crippen molar-refractivity contribution in [2.45, 2.75) is 0 Å². The molecule has 0 aliphatic heterocycles. The number of urea groups is 1. The maximum Gasteiger partial charge on any atom is 0.323 e. The SMILES string of the molecule is C=CCN(CC(=O)O)C(=O)Nc1ccc(Cl)c(F)c1. The van der Waals surface area contributed by atoms with Gasteiger partial charge in [-0.05, 0) is 18.2 Å². The average Bonchev–Trinajstić information content (AvgIpc) is 2.33. The van der Waals surface area contributed by atoms with Crippen molar-refractivity contribution in [1.29, 1.82) is 0 Å². The predicted octanol–water partition coefficient (Wildman–Crippen LogP) is 2.58. The monoisotopic (exact) mass is 286 g/mol. The normalized spacial score (nSPS) is 9.79. The quantitative estimate of drug-likeness (QED) is 0.817. The molecule has 1 aromatic rings. The topological polar surface area (TPSA) is 69.6 Å². The van der Waals surface area contributed by atoms with Crippen LogP contribution in [0.3, 0.4) is 0 Å². The number of nitrogens with one attached hydrogen (secondary N) is 1. The molecule has 7 heteroatoms. The first kappa shape index (κ1) is 15.0. The lowest BCUT2D eigenvalue weighted by Gasteiger charge is -2.19. The van der Waals surface area contributed by atoms with Crippen LogP contribution >= 0.6 is 11.6 Å². The zero-order valence-corrected chi connectivity index (χ0v) is 10.7. The summed E-state index contributed by atoms with van der Waals surface area (Å²) in [4.78, 5) is 23.4. The number of anilines is 1. The smallest absolute Gasteiger partial charge is 0.323 e. The molecule has 19 heavy (non-hydrogen) atoms. The Labute approximate surface area is 114 Å². The maximum atomic E-state index is 13.2. The summed E-state index contributed by atoms with van der Waals surface area (Å²) in [5, 5.41) is 11.0. The molecule has 2 amide bonds. The molecule has 0 heterocycles.